The van der Waals surface area contributed by atoms with Crippen molar-refractivity contribution in [3.63, 3.8) is 0 Å². The van der Waals surface area contributed by atoms with E-state index in [0.717, 1.165) is 21.4 Å². The van der Waals surface area contributed by atoms with Crippen molar-refractivity contribution in [3.8, 4) is 0 Å². The van der Waals surface area contributed by atoms with E-state index in [0.29, 0.717) is 5.56 Å². The summed E-state index contributed by atoms with van der Waals surface area (Å²) in [4.78, 5) is 33.9. The van der Waals surface area contributed by atoms with Gasteiger partial charge in [-0.3, -0.25) is 10.1 Å². The van der Waals surface area contributed by atoms with Crippen LogP contribution in [0.3, 0.4) is 0 Å². The highest BCUT2D eigenvalue weighted by atomic mass is 127. The van der Waals surface area contributed by atoms with Gasteiger partial charge in [0, 0.05) is 9.65 Å². The van der Waals surface area contributed by atoms with E-state index in [4.69, 9.17) is 5.11 Å². The van der Waals surface area contributed by atoms with E-state index in [1.165, 1.54) is 25.5 Å². The molecule has 1 fully saturated rings. The van der Waals surface area contributed by atoms with Gasteiger partial charge in [0.25, 0.3) is 5.91 Å². The number of carboxylic acids is 1. The van der Waals surface area contributed by atoms with Crippen molar-refractivity contribution in [2.45, 2.75) is 0 Å². The summed E-state index contributed by atoms with van der Waals surface area (Å²) < 4.78 is 5.19. The number of nitrogens with one attached hydrogen (secondary N) is 1. The highest BCUT2D eigenvalue weighted by Crippen LogP contribution is 2.23. The molecule has 0 aromatic heterocycles. The van der Waals surface area contributed by atoms with Crippen molar-refractivity contribution in [1.29, 1.82) is 0 Å². The fourth-order valence-electron chi connectivity index (χ4n) is 1.60. The third-order valence-corrected chi connectivity index (χ3v) is 4.15. The molecule has 2 rings (SSSR count). The van der Waals surface area contributed by atoms with Gasteiger partial charge in [-0.2, -0.15) is 5.10 Å². The molecule has 124 valence electrons. The van der Waals surface area contributed by atoms with Gasteiger partial charge in [-0.15, -0.1) is 5.10 Å². The zero-order valence-electron chi connectivity index (χ0n) is 12.1. The number of benzene rings is 1. The number of aromatic carboxylic acids is 1. The number of methoxy groups -OCH3 is 1. The summed E-state index contributed by atoms with van der Waals surface area (Å²) in [7, 11) is 1.21. The molecular formula is C14H10IN3O5S. The van der Waals surface area contributed by atoms with Crippen molar-refractivity contribution in [1.82, 2.24) is 5.32 Å². The van der Waals surface area contributed by atoms with Gasteiger partial charge in [-0.05, 0) is 58.1 Å². The molecule has 1 heterocycles. The maximum Gasteiger partial charge on any atom is 0.335 e. The standard InChI is InChI=1S/C14H10IN3O5S/c1-23-11(19)5-10-12(20)17-14(24-10)18-16-6-7-2-8(13(21)22)4-9(15)3-7/h2-6H,1H3,(H,21,22)(H,17,18,20)/b10-5+,16-6?. The van der Waals surface area contributed by atoms with Crippen molar-refractivity contribution in [2.24, 2.45) is 10.2 Å². The van der Waals surface area contributed by atoms with E-state index in [1.807, 2.05) is 22.6 Å². The third kappa shape index (κ3) is 4.89. The number of esters is 1. The molecule has 0 bridgehead atoms. The van der Waals surface area contributed by atoms with E-state index in [1.54, 1.807) is 6.07 Å². The maximum atomic E-state index is 11.6. The monoisotopic (exact) mass is 459 g/mol. The minimum atomic E-state index is -1.04. The maximum absolute atomic E-state index is 11.6. The van der Waals surface area contributed by atoms with Crippen LogP contribution in [-0.4, -0.2) is 41.4 Å². The number of hydrogen-bond donors (Lipinski definition) is 2. The van der Waals surface area contributed by atoms with Crippen LogP contribution in [0, 0.1) is 3.57 Å². The number of halogens is 1. The van der Waals surface area contributed by atoms with Crippen LogP contribution in [-0.2, 0) is 14.3 Å². The van der Waals surface area contributed by atoms with Gasteiger partial charge in [-0.25, -0.2) is 9.59 Å². The molecule has 0 radical (unpaired) electrons. The van der Waals surface area contributed by atoms with E-state index in [-0.39, 0.29) is 15.6 Å². The topological polar surface area (TPSA) is 117 Å². The van der Waals surface area contributed by atoms with Crippen LogP contribution >= 0.6 is 34.4 Å². The summed E-state index contributed by atoms with van der Waals surface area (Å²) in [6, 6.07) is 4.72. The lowest BCUT2D eigenvalue weighted by Crippen LogP contribution is -2.19. The molecule has 1 aromatic carbocycles. The number of amidine groups is 1. The first kappa shape index (κ1) is 18.1. The predicted octanol–water partition coefficient (Wildman–Crippen LogP) is 1.60. The van der Waals surface area contributed by atoms with E-state index >= 15 is 0 Å². The zero-order chi connectivity index (χ0) is 17.7. The third-order valence-electron chi connectivity index (χ3n) is 2.62. The Morgan fingerprint density at radius 1 is 1.38 bits per heavy atom. The van der Waals surface area contributed by atoms with Gasteiger partial charge in [0.05, 0.1) is 23.8 Å². The summed E-state index contributed by atoms with van der Waals surface area (Å²) in [6.45, 7) is 0. The molecule has 0 spiro atoms. The van der Waals surface area contributed by atoms with Crippen LogP contribution in [0.15, 0.2) is 39.4 Å². The largest absolute Gasteiger partial charge is 0.478 e. The predicted molar refractivity (Wildman–Crippen MR) is 97.0 cm³/mol. The van der Waals surface area contributed by atoms with Gasteiger partial charge in [0.1, 0.15) is 0 Å². The molecule has 0 unspecified atom stereocenters. The first-order valence-electron chi connectivity index (χ1n) is 6.33. The minimum absolute atomic E-state index is 0.142. The Labute approximate surface area is 154 Å². The lowest BCUT2D eigenvalue weighted by Gasteiger charge is -1.98. The number of nitrogens with zero attached hydrogens (tertiary/aromatic N) is 2. The summed E-state index contributed by atoms with van der Waals surface area (Å²) in [5, 5.41) is 19.3. The Hall–Kier alpha value is -2.21. The molecule has 0 atom stereocenters. The summed E-state index contributed by atoms with van der Waals surface area (Å²) in [5.74, 6) is -2.15. The molecular weight excluding hydrogens is 449 g/mol. The summed E-state index contributed by atoms with van der Waals surface area (Å²) in [5.41, 5.74) is 0.700. The molecule has 2 N–H and O–H groups in total. The Balaban J connectivity index is 2.13. The van der Waals surface area contributed by atoms with E-state index < -0.39 is 17.8 Å². The second kappa shape index (κ2) is 8.06. The summed E-state index contributed by atoms with van der Waals surface area (Å²) in [6.07, 6.45) is 2.43. The van der Waals surface area contributed by atoms with Crippen LogP contribution in [0.1, 0.15) is 15.9 Å². The van der Waals surface area contributed by atoms with E-state index in [9.17, 15) is 14.4 Å². The van der Waals surface area contributed by atoms with Crippen molar-refractivity contribution in [2.75, 3.05) is 7.11 Å². The number of hydrogen-bond acceptors (Lipinski definition) is 7. The Bertz CT molecular complexity index is 804. The van der Waals surface area contributed by atoms with Crippen molar-refractivity contribution in [3.05, 3.63) is 43.9 Å². The minimum Gasteiger partial charge on any atom is -0.478 e. The number of ether oxygens (including phenoxy) is 1. The normalized spacial score (nSPS) is 17.5. The number of carbonyl (C=O) groups is 3. The van der Waals surface area contributed by atoms with Crippen LogP contribution < -0.4 is 5.32 Å². The number of thioether (sulfide) groups is 1. The molecule has 1 saturated heterocycles. The second-order valence-corrected chi connectivity index (χ2v) is 6.59. The van der Waals surface area contributed by atoms with Crippen LogP contribution in [0.4, 0.5) is 0 Å². The van der Waals surface area contributed by atoms with E-state index in [2.05, 4.69) is 20.3 Å². The molecule has 1 aromatic rings. The Kier molecular flexibility index (Phi) is 6.09. The molecule has 0 saturated carbocycles. The van der Waals surface area contributed by atoms with Crippen molar-refractivity contribution >= 4 is 63.6 Å². The number of amides is 1. The van der Waals surface area contributed by atoms with Gasteiger partial charge in [0.2, 0.25) is 0 Å². The number of carboxylic acid groups (broad SMARTS) is 1. The van der Waals surface area contributed by atoms with Crippen LogP contribution in [0.2, 0.25) is 0 Å². The highest BCUT2D eigenvalue weighted by Gasteiger charge is 2.24. The molecule has 1 aliphatic rings. The lowest BCUT2D eigenvalue weighted by atomic mass is 10.1. The fraction of sp³-hybridized carbons (Fsp3) is 0.0714. The number of carbonyl (C=O) groups excluding carboxylic acids is 2. The van der Waals surface area contributed by atoms with Crippen LogP contribution in [0.25, 0.3) is 0 Å². The lowest BCUT2D eigenvalue weighted by molar-refractivity contribution is -0.135. The molecule has 24 heavy (non-hydrogen) atoms. The average molecular weight is 459 g/mol. The second-order valence-electron chi connectivity index (χ2n) is 4.32. The first-order chi connectivity index (χ1) is 11.4. The number of rotatable bonds is 4. The van der Waals surface area contributed by atoms with Gasteiger partial charge in [-0.1, -0.05) is 0 Å². The van der Waals surface area contributed by atoms with Crippen LogP contribution in [0.5, 0.6) is 0 Å². The first-order valence-corrected chi connectivity index (χ1v) is 8.22. The Morgan fingerprint density at radius 3 is 2.79 bits per heavy atom. The molecule has 1 amide bonds. The quantitative estimate of drug-likeness (QED) is 0.232. The summed E-state index contributed by atoms with van der Waals surface area (Å²) >= 11 is 2.95. The van der Waals surface area contributed by atoms with Gasteiger partial charge < -0.3 is 9.84 Å². The molecule has 1 aliphatic heterocycles. The SMILES string of the molecule is COC(=O)/C=C1/S/C(=N\N=Cc2cc(I)cc(C(=O)O)c2)NC1=O. The fourth-order valence-corrected chi connectivity index (χ4v) is 3.03. The van der Waals surface area contributed by atoms with Gasteiger partial charge >= 0.3 is 11.9 Å². The van der Waals surface area contributed by atoms with Gasteiger partial charge in [0.15, 0.2) is 5.17 Å². The molecule has 0 aliphatic carbocycles. The Morgan fingerprint density at radius 2 is 2.12 bits per heavy atom. The smallest absolute Gasteiger partial charge is 0.335 e. The molecule has 8 nitrogen and oxygen atoms in total. The molecule has 10 heteroatoms. The highest BCUT2D eigenvalue weighted by molar-refractivity contribution is 14.1. The zero-order valence-corrected chi connectivity index (χ0v) is 15.1. The van der Waals surface area contributed by atoms with Crippen molar-refractivity contribution < 1.29 is 24.2 Å². The average Bonchev–Trinajstić information content (AvgIpc) is 2.86.